The van der Waals surface area contributed by atoms with Gasteiger partial charge in [-0.3, -0.25) is 4.79 Å². The monoisotopic (exact) mass is 284 g/mol. The summed E-state index contributed by atoms with van der Waals surface area (Å²) in [5.41, 5.74) is 5.78. The lowest BCUT2D eigenvalue weighted by molar-refractivity contribution is 0.0528. The maximum atomic E-state index is 13.8. The van der Waals surface area contributed by atoms with Crippen molar-refractivity contribution in [1.29, 1.82) is 0 Å². The molecule has 0 bridgehead atoms. The van der Waals surface area contributed by atoms with E-state index in [9.17, 15) is 9.18 Å². The van der Waals surface area contributed by atoms with Crippen molar-refractivity contribution in [2.45, 2.75) is 25.8 Å². The average Bonchev–Trinajstić information content (AvgIpc) is 2.40. The second-order valence-electron chi connectivity index (χ2n) is 5.05. The van der Waals surface area contributed by atoms with E-state index in [-0.39, 0.29) is 17.5 Å². The fraction of sp³-hybridized carbons (Fsp3) is 0.500. The predicted octanol–water partition coefficient (Wildman–Crippen LogP) is 2.68. The van der Waals surface area contributed by atoms with Crippen LogP contribution in [0.1, 0.15) is 30.1 Å². The number of rotatable bonds is 2. The van der Waals surface area contributed by atoms with Gasteiger partial charge in [0.05, 0.1) is 5.56 Å². The molecule has 0 aliphatic carbocycles. The minimum Gasteiger partial charge on any atom is -0.334 e. The molecule has 1 saturated heterocycles. The van der Waals surface area contributed by atoms with Gasteiger partial charge in [-0.15, -0.1) is 0 Å². The molecule has 0 radical (unpaired) electrons. The standard InChI is InChI=1S/C14H18ClFN2O/c1-9-3-2-6-18(13(9)8-17)14(19)11-7-10(15)4-5-12(11)16/h4-5,7,9,13H,2-3,6,8,17H2,1H3/t9-,13-/m0/s1. The van der Waals surface area contributed by atoms with Crippen LogP contribution in [0, 0.1) is 11.7 Å². The van der Waals surface area contributed by atoms with Crippen molar-refractivity contribution in [3.63, 3.8) is 0 Å². The van der Waals surface area contributed by atoms with E-state index in [1.165, 1.54) is 18.2 Å². The molecule has 1 aromatic rings. The van der Waals surface area contributed by atoms with Crippen molar-refractivity contribution in [3.05, 3.63) is 34.6 Å². The summed E-state index contributed by atoms with van der Waals surface area (Å²) in [7, 11) is 0. The minimum absolute atomic E-state index is 0.0278. The highest BCUT2D eigenvalue weighted by molar-refractivity contribution is 6.31. The zero-order valence-electron chi connectivity index (χ0n) is 10.9. The van der Waals surface area contributed by atoms with E-state index in [1.54, 1.807) is 4.90 Å². The highest BCUT2D eigenvalue weighted by atomic mass is 35.5. The van der Waals surface area contributed by atoms with Crippen LogP contribution in [0.4, 0.5) is 4.39 Å². The Hall–Kier alpha value is -1.13. The number of nitrogens with two attached hydrogens (primary N) is 1. The molecule has 1 amide bonds. The number of amides is 1. The van der Waals surface area contributed by atoms with E-state index < -0.39 is 5.82 Å². The van der Waals surface area contributed by atoms with Crippen molar-refractivity contribution in [2.24, 2.45) is 11.7 Å². The number of hydrogen-bond acceptors (Lipinski definition) is 2. The summed E-state index contributed by atoms with van der Waals surface area (Å²) in [5, 5.41) is 0.360. The van der Waals surface area contributed by atoms with Gasteiger partial charge in [0.2, 0.25) is 0 Å². The van der Waals surface area contributed by atoms with Gasteiger partial charge in [0.1, 0.15) is 5.82 Å². The summed E-state index contributed by atoms with van der Waals surface area (Å²) in [5.74, 6) is -0.518. The molecule has 0 aromatic heterocycles. The smallest absolute Gasteiger partial charge is 0.257 e. The molecular weight excluding hydrogens is 267 g/mol. The van der Waals surface area contributed by atoms with E-state index in [2.05, 4.69) is 6.92 Å². The van der Waals surface area contributed by atoms with Crippen molar-refractivity contribution >= 4 is 17.5 Å². The summed E-state index contributed by atoms with van der Waals surface area (Å²) in [6, 6.07) is 4.01. The van der Waals surface area contributed by atoms with Gasteiger partial charge in [0, 0.05) is 24.2 Å². The van der Waals surface area contributed by atoms with E-state index in [0.717, 1.165) is 12.8 Å². The maximum Gasteiger partial charge on any atom is 0.257 e. The average molecular weight is 285 g/mol. The topological polar surface area (TPSA) is 46.3 Å². The lowest BCUT2D eigenvalue weighted by Crippen LogP contribution is -2.51. The van der Waals surface area contributed by atoms with Crippen LogP contribution < -0.4 is 5.73 Å². The first kappa shape index (κ1) is 14.3. The van der Waals surface area contributed by atoms with Gasteiger partial charge >= 0.3 is 0 Å². The zero-order valence-corrected chi connectivity index (χ0v) is 11.7. The molecule has 3 nitrogen and oxygen atoms in total. The zero-order chi connectivity index (χ0) is 14.0. The SMILES string of the molecule is C[C@H]1CCCN(C(=O)c2cc(Cl)ccc2F)[C@H]1CN. The van der Waals surface area contributed by atoms with Gasteiger partial charge in [-0.05, 0) is 37.0 Å². The number of carbonyl (C=O) groups excluding carboxylic acids is 1. The molecule has 1 aromatic carbocycles. The second-order valence-corrected chi connectivity index (χ2v) is 5.48. The number of halogens is 2. The molecule has 1 aliphatic heterocycles. The van der Waals surface area contributed by atoms with Gasteiger partial charge in [0.15, 0.2) is 0 Å². The predicted molar refractivity (Wildman–Crippen MR) is 73.7 cm³/mol. The Morgan fingerprint density at radius 1 is 1.58 bits per heavy atom. The Morgan fingerprint density at radius 3 is 3.00 bits per heavy atom. The fourth-order valence-electron chi connectivity index (χ4n) is 2.68. The van der Waals surface area contributed by atoms with Crippen LogP contribution in [-0.4, -0.2) is 29.9 Å². The molecule has 0 spiro atoms. The first-order valence-corrected chi connectivity index (χ1v) is 6.88. The van der Waals surface area contributed by atoms with Crippen LogP contribution in [0.25, 0.3) is 0 Å². The summed E-state index contributed by atoms with van der Waals surface area (Å²) < 4.78 is 13.8. The summed E-state index contributed by atoms with van der Waals surface area (Å²) >= 11 is 5.84. The van der Waals surface area contributed by atoms with Gasteiger partial charge in [0.25, 0.3) is 5.91 Å². The number of likely N-dealkylation sites (tertiary alicyclic amines) is 1. The van der Waals surface area contributed by atoms with Gasteiger partial charge < -0.3 is 10.6 Å². The first-order valence-electron chi connectivity index (χ1n) is 6.50. The van der Waals surface area contributed by atoms with E-state index in [4.69, 9.17) is 17.3 Å². The molecular formula is C14H18ClFN2O. The number of piperidine rings is 1. The van der Waals surface area contributed by atoms with E-state index in [0.29, 0.717) is 24.0 Å². The summed E-state index contributed by atoms with van der Waals surface area (Å²) in [6.45, 7) is 3.09. The molecule has 1 aliphatic rings. The summed E-state index contributed by atoms with van der Waals surface area (Å²) in [6.07, 6.45) is 1.97. The lowest BCUT2D eigenvalue weighted by atomic mass is 9.90. The highest BCUT2D eigenvalue weighted by Gasteiger charge is 2.32. The van der Waals surface area contributed by atoms with Crippen molar-refractivity contribution in [3.8, 4) is 0 Å². The Morgan fingerprint density at radius 2 is 2.32 bits per heavy atom. The van der Waals surface area contributed by atoms with Crippen LogP contribution in [0.2, 0.25) is 5.02 Å². The van der Waals surface area contributed by atoms with Crippen LogP contribution in [-0.2, 0) is 0 Å². The van der Waals surface area contributed by atoms with E-state index in [1.807, 2.05) is 0 Å². The van der Waals surface area contributed by atoms with Crippen LogP contribution >= 0.6 is 11.6 Å². The third-order valence-corrected chi connectivity index (χ3v) is 4.01. The third-order valence-electron chi connectivity index (χ3n) is 3.78. The number of hydrogen-bond donors (Lipinski definition) is 1. The molecule has 19 heavy (non-hydrogen) atoms. The molecule has 1 heterocycles. The van der Waals surface area contributed by atoms with Crippen LogP contribution in [0.15, 0.2) is 18.2 Å². The van der Waals surface area contributed by atoms with Crippen molar-refractivity contribution in [1.82, 2.24) is 4.90 Å². The molecule has 104 valence electrons. The number of carbonyl (C=O) groups is 1. The lowest BCUT2D eigenvalue weighted by Gasteiger charge is -2.39. The van der Waals surface area contributed by atoms with Crippen LogP contribution in [0.5, 0.6) is 0 Å². The third kappa shape index (κ3) is 2.90. The maximum absolute atomic E-state index is 13.8. The molecule has 1 fully saturated rings. The molecule has 2 atom stereocenters. The van der Waals surface area contributed by atoms with Gasteiger partial charge in [-0.25, -0.2) is 4.39 Å². The highest BCUT2D eigenvalue weighted by Crippen LogP contribution is 2.25. The fourth-order valence-corrected chi connectivity index (χ4v) is 2.85. The Balaban J connectivity index is 2.29. The quantitative estimate of drug-likeness (QED) is 0.907. The summed E-state index contributed by atoms with van der Waals surface area (Å²) in [4.78, 5) is 14.1. The van der Waals surface area contributed by atoms with E-state index >= 15 is 0 Å². The minimum atomic E-state index is -0.539. The Kier molecular flexibility index (Phi) is 4.42. The molecule has 0 saturated carbocycles. The normalized spacial score (nSPS) is 23.5. The number of benzene rings is 1. The molecule has 5 heteroatoms. The largest absolute Gasteiger partial charge is 0.334 e. The van der Waals surface area contributed by atoms with Crippen molar-refractivity contribution < 1.29 is 9.18 Å². The second kappa shape index (κ2) is 5.88. The Labute approximate surface area is 117 Å². The van der Waals surface area contributed by atoms with Gasteiger partial charge in [-0.2, -0.15) is 0 Å². The van der Waals surface area contributed by atoms with Crippen molar-refractivity contribution in [2.75, 3.05) is 13.1 Å². The number of nitrogens with zero attached hydrogens (tertiary/aromatic N) is 1. The Bertz CT molecular complexity index is 481. The van der Waals surface area contributed by atoms with Gasteiger partial charge in [-0.1, -0.05) is 18.5 Å². The first-order chi connectivity index (χ1) is 9.04. The molecule has 2 rings (SSSR count). The molecule has 2 N–H and O–H groups in total. The molecule has 0 unspecified atom stereocenters. The van der Waals surface area contributed by atoms with Crippen LogP contribution in [0.3, 0.4) is 0 Å².